The van der Waals surface area contributed by atoms with Crippen LogP contribution in [0.1, 0.15) is 30.4 Å². The maximum Gasteiger partial charge on any atom is 0.145 e. The Balaban J connectivity index is 1.36. The molecule has 0 amide bonds. The Morgan fingerprint density at radius 2 is 1.44 bits per heavy atom. The van der Waals surface area contributed by atoms with E-state index in [4.69, 9.17) is 11.6 Å². The maximum absolute atomic E-state index is 5.19. The van der Waals surface area contributed by atoms with E-state index in [1.807, 2.05) is 12.2 Å². The van der Waals surface area contributed by atoms with Gasteiger partial charge in [-0.25, -0.2) is 4.98 Å². The Labute approximate surface area is 325 Å². The van der Waals surface area contributed by atoms with Crippen molar-refractivity contribution in [3.05, 3.63) is 229 Å². The van der Waals surface area contributed by atoms with Crippen LogP contribution in [0.2, 0.25) is 0 Å². The second-order valence-electron chi connectivity index (χ2n) is 14.3. The van der Waals surface area contributed by atoms with Crippen LogP contribution in [0, 0.1) is 11.8 Å². The molecule has 0 saturated carbocycles. The van der Waals surface area contributed by atoms with Crippen LogP contribution >= 0.6 is 0 Å². The molecule has 2 aliphatic rings. The van der Waals surface area contributed by atoms with Crippen molar-refractivity contribution < 1.29 is 0 Å². The Hall–Kier alpha value is -6.51. The molecule has 2 unspecified atom stereocenters. The summed E-state index contributed by atoms with van der Waals surface area (Å²) in [5.74, 6) is 1.25. The van der Waals surface area contributed by atoms with Crippen molar-refractivity contribution >= 4 is 22.2 Å². The quantitative estimate of drug-likeness (QED) is 0.129. The second-order valence-corrected chi connectivity index (χ2v) is 14.3. The summed E-state index contributed by atoms with van der Waals surface area (Å²) < 4.78 is 2.28. The fourth-order valence-electron chi connectivity index (χ4n) is 8.01. The largest absolute Gasteiger partial charge is 0.292 e. The zero-order valence-corrected chi connectivity index (χ0v) is 31.3. The monoisotopic (exact) mass is 710 g/mol. The molecule has 2 heteroatoms. The van der Waals surface area contributed by atoms with Gasteiger partial charge >= 0.3 is 0 Å². The molecule has 1 heterocycles. The Morgan fingerprint density at radius 3 is 2.24 bits per heavy atom. The van der Waals surface area contributed by atoms with E-state index in [1.54, 1.807) is 0 Å². The number of fused-ring (bicyclic) bond motifs is 2. The molecule has 0 aliphatic heterocycles. The first kappa shape index (κ1) is 35.5. The van der Waals surface area contributed by atoms with E-state index in [0.29, 0.717) is 0 Å². The molecule has 268 valence electrons. The number of hydrogen-bond donors (Lipinski definition) is 0. The first-order valence-corrected chi connectivity index (χ1v) is 19.4. The molecule has 5 aromatic carbocycles. The Bertz CT molecular complexity index is 2640. The van der Waals surface area contributed by atoms with Crippen LogP contribution in [0.5, 0.6) is 0 Å². The minimum absolute atomic E-state index is 0.131. The predicted octanol–water partition coefficient (Wildman–Crippen LogP) is 11.8. The minimum Gasteiger partial charge on any atom is -0.292 e. The summed E-state index contributed by atoms with van der Waals surface area (Å²) in [7, 11) is 0. The lowest BCUT2D eigenvalue weighted by Crippen LogP contribution is -2.31. The van der Waals surface area contributed by atoms with Crippen LogP contribution in [0.3, 0.4) is 0 Å². The molecule has 0 radical (unpaired) electrons. The molecule has 0 fully saturated rings. The van der Waals surface area contributed by atoms with Crippen LogP contribution in [-0.4, -0.2) is 9.55 Å². The Morgan fingerprint density at radius 1 is 0.709 bits per heavy atom. The number of imidazole rings is 1. The molecular weight excluding hydrogens is 665 g/mol. The summed E-state index contributed by atoms with van der Waals surface area (Å²) >= 11 is 0. The van der Waals surface area contributed by atoms with Gasteiger partial charge in [0.1, 0.15) is 5.82 Å². The van der Waals surface area contributed by atoms with Gasteiger partial charge in [-0.3, -0.25) is 4.57 Å². The van der Waals surface area contributed by atoms with Crippen LogP contribution in [-0.2, 0) is 6.42 Å². The summed E-state index contributed by atoms with van der Waals surface area (Å²) in [6.45, 7) is 13.0. The van der Waals surface area contributed by atoms with E-state index in [-0.39, 0.29) is 11.8 Å². The van der Waals surface area contributed by atoms with Crippen LogP contribution in [0.15, 0.2) is 207 Å². The maximum atomic E-state index is 5.19. The molecule has 55 heavy (non-hydrogen) atoms. The molecule has 1 aromatic heterocycles. The highest BCUT2D eigenvalue weighted by Gasteiger charge is 2.22. The van der Waals surface area contributed by atoms with Crippen molar-refractivity contribution in [1.82, 2.24) is 9.55 Å². The van der Waals surface area contributed by atoms with Gasteiger partial charge in [-0.05, 0) is 111 Å². The van der Waals surface area contributed by atoms with E-state index in [2.05, 4.69) is 188 Å². The summed E-state index contributed by atoms with van der Waals surface area (Å²) in [5, 5.41) is 2.37. The highest BCUT2D eigenvalue weighted by atomic mass is 15.1. The van der Waals surface area contributed by atoms with Crippen LogP contribution in [0.25, 0.3) is 50.4 Å². The lowest BCUT2D eigenvalue weighted by atomic mass is 9.79. The third-order valence-corrected chi connectivity index (χ3v) is 10.8. The average molecular weight is 711 g/mol. The van der Waals surface area contributed by atoms with Crippen molar-refractivity contribution in [3.8, 4) is 28.2 Å². The topological polar surface area (TPSA) is 17.8 Å². The van der Waals surface area contributed by atoms with Crippen LogP contribution < -0.4 is 10.4 Å². The zero-order chi connectivity index (χ0) is 37.6. The van der Waals surface area contributed by atoms with Gasteiger partial charge in [0, 0.05) is 23.1 Å². The smallest absolute Gasteiger partial charge is 0.145 e. The highest BCUT2D eigenvalue weighted by molar-refractivity contribution is 5.85. The van der Waals surface area contributed by atoms with Gasteiger partial charge in [-0.1, -0.05) is 152 Å². The normalized spacial score (nSPS) is 19.7. The van der Waals surface area contributed by atoms with Crippen molar-refractivity contribution in [1.29, 1.82) is 0 Å². The molecule has 0 N–H and O–H groups in total. The first-order chi connectivity index (χ1) is 27.1. The summed E-state index contributed by atoms with van der Waals surface area (Å²) in [6.07, 6.45) is 25.7. The summed E-state index contributed by atoms with van der Waals surface area (Å²) in [5.41, 5.74) is 12.6. The SMILES string of the molecule is C=CCCc1cc(-c2nc3ccccc3n2-c2ccccc2)ccc1-c1ccc2/c(c1)=C(c1ccccc1)\C=C\CC/C=C/C=2C(=C)C1C=CC=CC1C=C. The molecule has 6 aromatic rings. The Kier molecular flexibility index (Phi) is 10.5. The van der Waals surface area contributed by atoms with Gasteiger partial charge < -0.3 is 0 Å². The van der Waals surface area contributed by atoms with Gasteiger partial charge in [-0.2, -0.15) is 0 Å². The van der Waals surface area contributed by atoms with E-state index in [0.717, 1.165) is 59.4 Å². The van der Waals surface area contributed by atoms with E-state index < -0.39 is 0 Å². The van der Waals surface area contributed by atoms with Crippen molar-refractivity contribution in [2.45, 2.75) is 25.7 Å². The van der Waals surface area contributed by atoms with Gasteiger partial charge in [0.25, 0.3) is 0 Å². The fraction of sp³-hybridized carbons (Fsp3) is 0.113. The molecule has 8 rings (SSSR count). The standard InChI is InChI=1S/C53H46N2/c1-4-6-21-41-36-43(53-54-51-30-19-20-31-52(51)55(53)44-25-13-10-14-26-44)33-34-47(41)42-32-35-49-46(38(3)45-27-18-17-22-39(45)5-2)28-15-7-8-16-29-48(50(49)37-42)40-23-11-9-12-24-40/h4-5,9-20,22-37,39,45H,1-3,6-8,21H2/b28-15+,29-16+,49-46-,50-48+. The zero-order valence-electron chi connectivity index (χ0n) is 31.3. The van der Waals surface area contributed by atoms with E-state index in [9.17, 15) is 0 Å². The molecule has 0 spiro atoms. The van der Waals surface area contributed by atoms with Crippen molar-refractivity contribution in [2.24, 2.45) is 11.8 Å². The van der Waals surface area contributed by atoms with Crippen molar-refractivity contribution in [3.63, 3.8) is 0 Å². The number of rotatable bonds is 10. The lowest BCUT2D eigenvalue weighted by Gasteiger charge is -2.25. The molecule has 2 nitrogen and oxygen atoms in total. The predicted molar refractivity (Wildman–Crippen MR) is 234 cm³/mol. The highest BCUT2D eigenvalue weighted by Crippen LogP contribution is 2.35. The number of para-hydroxylation sites is 3. The third-order valence-electron chi connectivity index (χ3n) is 10.8. The van der Waals surface area contributed by atoms with Gasteiger partial charge in [0.15, 0.2) is 0 Å². The molecule has 0 bridgehead atoms. The summed E-state index contributed by atoms with van der Waals surface area (Å²) in [6, 6.07) is 43.6. The fourth-order valence-corrected chi connectivity index (χ4v) is 8.01. The molecular formula is C53H46N2. The number of allylic oxidation sites excluding steroid dienone is 11. The third kappa shape index (κ3) is 7.24. The molecule has 0 saturated heterocycles. The van der Waals surface area contributed by atoms with Gasteiger partial charge in [0.05, 0.1) is 11.0 Å². The van der Waals surface area contributed by atoms with E-state index >= 15 is 0 Å². The average Bonchev–Trinajstić information content (AvgIpc) is 3.64. The summed E-state index contributed by atoms with van der Waals surface area (Å²) in [4.78, 5) is 5.19. The molecule has 2 aliphatic carbocycles. The lowest BCUT2D eigenvalue weighted by molar-refractivity contribution is 0.650. The van der Waals surface area contributed by atoms with E-state index in [1.165, 1.54) is 43.8 Å². The van der Waals surface area contributed by atoms with Crippen molar-refractivity contribution in [2.75, 3.05) is 0 Å². The number of nitrogens with zero attached hydrogens (tertiary/aromatic N) is 2. The van der Waals surface area contributed by atoms with Gasteiger partial charge in [-0.15, -0.1) is 13.2 Å². The minimum atomic E-state index is 0.131. The second kappa shape index (κ2) is 16.2. The molecule has 2 atom stereocenters. The van der Waals surface area contributed by atoms with Crippen LogP contribution in [0.4, 0.5) is 0 Å². The number of aromatic nitrogens is 2. The first-order valence-electron chi connectivity index (χ1n) is 19.4. The number of aryl methyl sites for hydroxylation is 1. The number of benzene rings is 5. The van der Waals surface area contributed by atoms with Gasteiger partial charge in [0.2, 0.25) is 0 Å². The number of hydrogen-bond acceptors (Lipinski definition) is 1.